The van der Waals surface area contributed by atoms with E-state index in [2.05, 4.69) is 4.72 Å². The Morgan fingerprint density at radius 3 is 2.74 bits per heavy atom. The number of alkyl halides is 1. The molecular formula is C12H15FN2O3S. The van der Waals surface area contributed by atoms with Crippen LogP contribution in [0.3, 0.4) is 0 Å². The van der Waals surface area contributed by atoms with Crippen molar-refractivity contribution in [3.8, 4) is 0 Å². The number of hydrogen-bond donors (Lipinski definition) is 2. The zero-order valence-electron chi connectivity index (χ0n) is 10.2. The molecule has 0 aliphatic heterocycles. The number of Topliss-reactive ketones (excluding diaryl/α,β-unsaturated/α-hetero) is 1. The van der Waals surface area contributed by atoms with Crippen molar-refractivity contribution in [3.63, 3.8) is 0 Å². The summed E-state index contributed by atoms with van der Waals surface area (Å²) < 4.78 is 36.6. The Balaban J connectivity index is 2.33. The molecule has 1 aliphatic carbocycles. The van der Waals surface area contributed by atoms with Gasteiger partial charge in [-0.15, -0.1) is 0 Å². The summed E-state index contributed by atoms with van der Waals surface area (Å²) in [5.41, 5.74) is 2.01. The number of nitrogens with two attached hydrogens (primary N) is 1. The molecule has 1 aromatic rings. The standard InChI is InChI=1S/C12H15FN2O3S/c13-6-5-11-10-3-2-9(15-19(14,17)18)7-8(10)1-4-12(11)16/h2-3,7,11,15H,1,4-6H2,(H2,14,17,18)/t11-/m1/s1. The fourth-order valence-corrected chi connectivity index (χ4v) is 2.88. The van der Waals surface area contributed by atoms with Gasteiger partial charge < -0.3 is 0 Å². The van der Waals surface area contributed by atoms with Crippen LogP contribution >= 0.6 is 0 Å². The Hall–Kier alpha value is -1.47. The van der Waals surface area contributed by atoms with Crippen LogP contribution in [0.2, 0.25) is 0 Å². The van der Waals surface area contributed by atoms with Gasteiger partial charge >= 0.3 is 0 Å². The van der Waals surface area contributed by atoms with Crippen LogP contribution in [0.4, 0.5) is 10.1 Å². The first kappa shape index (κ1) is 14.0. The molecule has 2 rings (SSSR count). The quantitative estimate of drug-likeness (QED) is 0.873. The third kappa shape index (κ3) is 3.30. The van der Waals surface area contributed by atoms with Gasteiger partial charge in [0.25, 0.3) is 10.2 Å². The largest absolute Gasteiger partial charge is 0.299 e. The Labute approximate surface area is 111 Å². The summed E-state index contributed by atoms with van der Waals surface area (Å²) in [6, 6.07) is 4.85. The topological polar surface area (TPSA) is 89.3 Å². The molecule has 1 aromatic carbocycles. The highest BCUT2D eigenvalue weighted by molar-refractivity contribution is 7.90. The molecule has 0 unspecified atom stereocenters. The maximum Gasteiger partial charge on any atom is 0.296 e. The number of aryl methyl sites for hydroxylation is 1. The Kier molecular flexibility index (Phi) is 3.86. The predicted octanol–water partition coefficient (Wildman–Crippen LogP) is 1.26. The van der Waals surface area contributed by atoms with Crippen molar-refractivity contribution in [3.05, 3.63) is 29.3 Å². The van der Waals surface area contributed by atoms with E-state index < -0.39 is 22.8 Å². The van der Waals surface area contributed by atoms with Crippen molar-refractivity contribution < 1.29 is 17.6 Å². The van der Waals surface area contributed by atoms with Gasteiger partial charge in [0.2, 0.25) is 0 Å². The average Bonchev–Trinajstić information content (AvgIpc) is 2.31. The second-order valence-corrected chi connectivity index (χ2v) is 5.85. The summed E-state index contributed by atoms with van der Waals surface area (Å²) >= 11 is 0. The molecule has 19 heavy (non-hydrogen) atoms. The number of carbonyl (C=O) groups is 1. The van der Waals surface area contributed by atoms with Crippen LogP contribution in [-0.2, 0) is 21.4 Å². The molecule has 7 heteroatoms. The van der Waals surface area contributed by atoms with E-state index in [4.69, 9.17) is 5.14 Å². The summed E-state index contributed by atoms with van der Waals surface area (Å²) in [6.45, 7) is -0.549. The number of anilines is 1. The van der Waals surface area contributed by atoms with E-state index in [0.717, 1.165) is 11.1 Å². The van der Waals surface area contributed by atoms with E-state index in [-0.39, 0.29) is 12.2 Å². The van der Waals surface area contributed by atoms with Crippen molar-refractivity contribution in [2.75, 3.05) is 11.4 Å². The van der Waals surface area contributed by atoms with E-state index in [0.29, 0.717) is 18.5 Å². The third-order valence-electron chi connectivity index (χ3n) is 3.21. The summed E-state index contributed by atoms with van der Waals surface area (Å²) in [4.78, 5) is 11.8. The Morgan fingerprint density at radius 2 is 2.11 bits per heavy atom. The Morgan fingerprint density at radius 1 is 1.37 bits per heavy atom. The summed E-state index contributed by atoms with van der Waals surface area (Å²) in [5, 5.41) is 4.90. The molecule has 0 saturated heterocycles. The lowest BCUT2D eigenvalue weighted by molar-refractivity contribution is -0.121. The number of rotatable bonds is 4. The first-order valence-electron chi connectivity index (χ1n) is 5.93. The van der Waals surface area contributed by atoms with E-state index in [1.807, 2.05) is 0 Å². The average molecular weight is 286 g/mol. The molecule has 0 heterocycles. The molecule has 0 amide bonds. The predicted molar refractivity (Wildman–Crippen MR) is 69.8 cm³/mol. The zero-order chi connectivity index (χ0) is 14.0. The smallest absolute Gasteiger partial charge is 0.296 e. The van der Waals surface area contributed by atoms with E-state index >= 15 is 0 Å². The van der Waals surface area contributed by atoms with E-state index in [9.17, 15) is 17.6 Å². The lowest BCUT2D eigenvalue weighted by Crippen LogP contribution is -2.23. The van der Waals surface area contributed by atoms with E-state index in [1.165, 1.54) is 6.07 Å². The van der Waals surface area contributed by atoms with Crippen molar-refractivity contribution in [1.82, 2.24) is 0 Å². The van der Waals surface area contributed by atoms with Gasteiger partial charge in [0, 0.05) is 12.3 Å². The third-order valence-corrected chi connectivity index (χ3v) is 3.73. The molecule has 1 aliphatic rings. The van der Waals surface area contributed by atoms with Crippen molar-refractivity contribution >= 4 is 21.7 Å². The van der Waals surface area contributed by atoms with Gasteiger partial charge in [0.1, 0.15) is 5.78 Å². The molecule has 0 bridgehead atoms. The van der Waals surface area contributed by atoms with E-state index in [1.54, 1.807) is 12.1 Å². The molecule has 0 spiro atoms. The number of nitrogens with one attached hydrogen (secondary N) is 1. The fourth-order valence-electron chi connectivity index (χ4n) is 2.42. The van der Waals surface area contributed by atoms with Gasteiger partial charge in [0.05, 0.1) is 12.4 Å². The maximum absolute atomic E-state index is 12.5. The SMILES string of the molecule is NS(=O)(=O)Nc1ccc2c(c1)CCC(=O)[C@@H]2CCF. The molecule has 0 saturated carbocycles. The Bertz CT molecular complexity index is 601. The number of fused-ring (bicyclic) bond motifs is 1. The monoisotopic (exact) mass is 286 g/mol. The summed E-state index contributed by atoms with van der Waals surface area (Å²) in [5.74, 6) is -0.380. The molecule has 104 valence electrons. The molecule has 0 radical (unpaired) electrons. The second-order valence-electron chi connectivity index (χ2n) is 4.56. The first-order valence-corrected chi connectivity index (χ1v) is 7.47. The number of carbonyl (C=O) groups excluding carboxylic acids is 1. The lowest BCUT2D eigenvalue weighted by atomic mass is 9.80. The fraction of sp³-hybridized carbons (Fsp3) is 0.417. The molecule has 0 fully saturated rings. The maximum atomic E-state index is 12.5. The highest BCUT2D eigenvalue weighted by Gasteiger charge is 2.27. The van der Waals surface area contributed by atoms with Gasteiger partial charge in [0.15, 0.2) is 0 Å². The van der Waals surface area contributed by atoms with Crippen molar-refractivity contribution in [2.24, 2.45) is 5.14 Å². The number of ketones is 1. The molecular weight excluding hydrogens is 271 g/mol. The van der Waals surface area contributed by atoms with Crippen LogP contribution < -0.4 is 9.86 Å². The minimum atomic E-state index is -3.82. The first-order chi connectivity index (χ1) is 8.90. The number of halogens is 1. The van der Waals surface area contributed by atoms with Crippen LogP contribution in [0.1, 0.15) is 29.9 Å². The number of hydrogen-bond acceptors (Lipinski definition) is 3. The van der Waals surface area contributed by atoms with Gasteiger partial charge in [-0.3, -0.25) is 13.9 Å². The summed E-state index contributed by atoms with van der Waals surface area (Å²) in [6.07, 6.45) is 1.07. The van der Waals surface area contributed by atoms with Crippen LogP contribution in [0.25, 0.3) is 0 Å². The van der Waals surface area contributed by atoms with Crippen molar-refractivity contribution in [1.29, 1.82) is 0 Å². The van der Waals surface area contributed by atoms with Crippen LogP contribution in [0, 0.1) is 0 Å². The molecule has 3 N–H and O–H groups in total. The minimum absolute atomic E-state index is 0.0392. The minimum Gasteiger partial charge on any atom is -0.299 e. The normalized spacial score (nSPS) is 19.1. The highest BCUT2D eigenvalue weighted by atomic mass is 32.2. The summed E-state index contributed by atoms with van der Waals surface area (Å²) in [7, 11) is -3.82. The molecule has 1 atom stereocenters. The van der Waals surface area contributed by atoms with Gasteiger partial charge in [-0.05, 0) is 36.1 Å². The van der Waals surface area contributed by atoms with Crippen LogP contribution in [-0.4, -0.2) is 20.9 Å². The second kappa shape index (κ2) is 5.26. The van der Waals surface area contributed by atoms with Gasteiger partial charge in [-0.25, -0.2) is 5.14 Å². The van der Waals surface area contributed by atoms with Crippen LogP contribution in [0.5, 0.6) is 0 Å². The lowest BCUT2D eigenvalue weighted by Gasteiger charge is -2.24. The zero-order valence-corrected chi connectivity index (χ0v) is 11.0. The number of benzene rings is 1. The van der Waals surface area contributed by atoms with Gasteiger partial charge in [-0.2, -0.15) is 8.42 Å². The molecule has 5 nitrogen and oxygen atoms in total. The van der Waals surface area contributed by atoms with Crippen molar-refractivity contribution in [2.45, 2.75) is 25.2 Å². The van der Waals surface area contributed by atoms with Crippen LogP contribution in [0.15, 0.2) is 18.2 Å². The highest BCUT2D eigenvalue weighted by Crippen LogP contribution is 2.33. The van der Waals surface area contributed by atoms with Gasteiger partial charge in [-0.1, -0.05) is 6.07 Å². The molecule has 0 aromatic heterocycles.